The molecule has 1 aromatic carbocycles. The Morgan fingerprint density at radius 3 is 2.39 bits per heavy atom. The molecule has 0 amide bonds. The maximum absolute atomic E-state index is 3.94. The number of aryl methyl sites for hydroxylation is 2. The van der Waals surface area contributed by atoms with Gasteiger partial charge in [0, 0.05) is 4.83 Å². The maximum Gasteiger partial charge on any atom is 0.0214 e. The molecule has 0 radical (unpaired) electrons. The highest BCUT2D eigenvalue weighted by Gasteiger charge is 2.24. The number of rotatable bonds is 3. The van der Waals surface area contributed by atoms with Gasteiger partial charge in [-0.1, -0.05) is 53.9 Å². The molecule has 1 atom stereocenters. The molecular formula is C17H25Br. The lowest BCUT2D eigenvalue weighted by Gasteiger charge is -2.30. The summed E-state index contributed by atoms with van der Waals surface area (Å²) in [5, 5.41) is 0. The molecule has 2 rings (SSSR count). The summed E-state index contributed by atoms with van der Waals surface area (Å²) in [6.45, 7) is 6.79. The predicted molar refractivity (Wildman–Crippen MR) is 83.5 cm³/mol. The molecule has 0 saturated heterocycles. The second-order valence-electron chi connectivity index (χ2n) is 6.16. The van der Waals surface area contributed by atoms with Crippen molar-refractivity contribution in [1.82, 2.24) is 0 Å². The molecule has 1 fully saturated rings. The van der Waals surface area contributed by atoms with E-state index in [2.05, 4.69) is 54.9 Å². The van der Waals surface area contributed by atoms with Crippen molar-refractivity contribution in [2.75, 3.05) is 0 Å². The van der Waals surface area contributed by atoms with Crippen LogP contribution in [0.15, 0.2) is 18.2 Å². The number of benzene rings is 1. The van der Waals surface area contributed by atoms with Crippen LogP contribution in [0.3, 0.4) is 0 Å². The Morgan fingerprint density at radius 2 is 1.78 bits per heavy atom. The number of hydrogen-bond donors (Lipinski definition) is 0. The summed E-state index contributed by atoms with van der Waals surface area (Å²) in [5.74, 6) is 1.82. The summed E-state index contributed by atoms with van der Waals surface area (Å²) in [4.78, 5) is 0.659. The van der Waals surface area contributed by atoms with Crippen LogP contribution in [-0.4, -0.2) is 4.83 Å². The lowest BCUT2D eigenvalue weighted by molar-refractivity contribution is 0.285. The van der Waals surface area contributed by atoms with E-state index in [4.69, 9.17) is 0 Å². The van der Waals surface area contributed by atoms with Crippen LogP contribution in [0, 0.1) is 25.7 Å². The van der Waals surface area contributed by atoms with Crippen molar-refractivity contribution in [2.24, 2.45) is 11.8 Å². The molecule has 0 aromatic heterocycles. The van der Waals surface area contributed by atoms with Crippen molar-refractivity contribution in [3.05, 3.63) is 34.9 Å². The van der Waals surface area contributed by atoms with Gasteiger partial charge >= 0.3 is 0 Å². The summed E-state index contributed by atoms with van der Waals surface area (Å²) in [6, 6.07) is 6.91. The van der Waals surface area contributed by atoms with Crippen LogP contribution >= 0.6 is 15.9 Å². The van der Waals surface area contributed by atoms with E-state index in [-0.39, 0.29) is 0 Å². The molecular weight excluding hydrogens is 284 g/mol. The van der Waals surface area contributed by atoms with E-state index in [1.807, 2.05) is 0 Å². The number of halogens is 1. The Labute approximate surface area is 120 Å². The van der Waals surface area contributed by atoms with Crippen molar-refractivity contribution in [3.63, 3.8) is 0 Å². The van der Waals surface area contributed by atoms with Gasteiger partial charge in [0.25, 0.3) is 0 Å². The average Bonchev–Trinajstić information content (AvgIpc) is 2.34. The molecule has 0 spiro atoms. The van der Waals surface area contributed by atoms with Crippen LogP contribution in [0.2, 0.25) is 0 Å². The Bertz CT molecular complexity index is 389. The molecule has 1 aliphatic rings. The van der Waals surface area contributed by atoms with Gasteiger partial charge in [-0.2, -0.15) is 0 Å². The van der Waals surface area contributed by atoms with Crippen LogP contribution in [-0.2, 0) is 6.42 Å². The minimum absolute atomic E-state index is 0.659. The summed E-state index contributed by atoms with van der Waals surface area (Å²) >= 11 is 3.94. The first-order valence-electron chi connectivity index (χ1n) is 7.26. The predicted octanol–water partition coefficient (Wildman–Crippen LogP) is 5.44. The van der Waals surface area contributed by atoms with Gasteiger partial charge in [-0.05, 0) is 61.6 Å². The first-order valence-corrected chi connectivity index (χ1v) is 8.18. The minimum Gasteiger partial charge on any atom is -0.0884 e. The first kappa shape index (κ1) is 14.1. The van der Waals surface area contributed by atoms with E-state index < -0.39 is 0 Å². The highest BCUT2D eigenvalue weighted by molar-refractivity contribution is 9.09. The fraction of sp³-hybridized carbons (Fsp3) is 0.647. The standard InChI is InChI=1S/C17H25Br/c1-12-4-8-16(9-5-12)17(18)11-15-7-6-13(2)14(3)10-15/h6-7,10,12,16-17H,4-5,8-9,11H2,1-3H3. The van der Waals surface area contributed by atoms with Crippen LogP contribution in [0.25, 0.3) is 0 Å². The third-order valence-corrected chi connectivity index (χ3v) is 5.65. The van der Waals surface area contributed by atoms with Gasteiger partial charge in [-0.15, -0.1) is 0 Å². The minimum atomic E-state index is 0.659. The molecule has 0 heterocycles. The summed E-state index contributed by atoms with van der Waals surface area (Å²) in [6.07, 6.45) is 6.82. The lowest BCUT2D eigenvalue weighted by Crippen LogP contribution is -2.22. The van der Waals surface area contributed by atoms with Crippen molar-refractivity contribution < 1.29 is 0 Å². The molecule has 18 heavy (non-hydrogen) atoms. The highest BCUT2D eigenvalue weighted by Crippen LogP contribution is 2.34. The maximum atomic E-state index is 3.94. The van der Waals surface area contributed by atoms with E-state index in [0.29, 0.717) is 4.83 Å². The fourth-order valence-corrected chi connectivity index (χ4v) is 3.87. The van der Waals surface area contributed by atoms with E-state index in [9.17, 15) is 0 Å². The van der Waals surface area contributed by atoms with Gasteiger partial charge in [0.2, 0.25) is 0 Å². The zero-order valence-corrected chi connectivity index (χ0v) is 13.5. The molecule has 1 saturated carbocycles. The molecule has 0 bridgehead atoms. The molecule has 100 valence electrons. The van der Waals surface area contributed by atoms with Gasteiger partial charge in [0.15, 0.2) is 0 Å². The normalized spacial score (nSPS) is 26.0. The molecule has 1 aromatic rings. The van der Waals surface area contributed by atoms with Crippen molar-refractivity contribution in [2.45, 2.75) is 57.7 Å². The quantitative estimate of drug-likeness (QED) is 0.653. The fourth-order valence-electron chi connectivity index (χ4n) is 2.97. The van der Waals surface area contributed by atoms with Crippen molar-refractivity contribution in [3.8, 4) is 0 Å². The second kappa shape index (κ2) is 6.23. The van der Waals surface area contributed by atoms with E-state index in [1.54, 1.807) is 0 Å². The zero-order chi connectivity index (χ0) is 13.1. The topological polar surface area (TPSA) is 0 Å². The molecule has 0 aliphatic heterocycles. The molecule has 0 N–H and O–H groups in total. The number of hydrogen-bond acceptors (Lipinski definition) is 0. The highest BCUT2D eigenvalue weighted by atomic mass is 79.9. The Kier molecular flexibility index (Phi) is 4.89. The second-order valence-corrected chi connectivity index (χ2v) is 7.33. The summed E-state index contributed by atoms with van der Waals surface area (Å²) in [7, 11) is 0. The zero-order valence-electron chi connectivity index (χ0n) is 11.9. The third-order valence-electron chi connectivity index (χ3n) is 4.57. The molecule has 1 aliphatic carbocycles. The molecule has 0 nitrogen and oxygen atoms in total. The van der Waals surface area contributed by atoms with Gasteiger partial charge in [-0.25, -0.2) is 0 Å². The van der Waals surface area contributed by atoms with Crippen LogP contribution in [0.4, 0.5) is 0 Å². The Hall–Kier alpha value is -0.300. The smallest absolute Gasteiger partial charge is 0.0214 e. The van der Waals surface area contributed by atoms with Crippen LogP contribution in [0.5, 0.6) is 0 Å². The monoisotopic (exact) mass is 308 g/mol. The molecule has 1 heteroatoms. The Balaban J connectivity index is 1.94. The van der Waals surface area contributed by atoms with Gasteiger partial charge < -0.3 is 0 Å². The van der Waals surface area contributed by atoms with E-state index in [0.717, 1.165) is 11.8 Å². The van der Waals surface area contributed by atoms with Crippen molar-refractivity contribution >= 4 is 15.9 Å². The van der Waals surface area contributed by atoms with Gasteiger partial charge in [-0.3, -0.25) is 0 Å². The molecule has 1 unspecified atom stereocenters. The van der Waals surface area contributed by atoms with Gasteiger partial charge in [0.05, 0.1) is 0 Å². The van der Waals surface area contributed by atoms with E-state index in [1.165, 1.54) is 48.8 Å². The Morgan fingerprint density at radius 1 is 1.11 bits per heavy atom. The average molecular weight is 309 g/mol. The van der Waals surface area contributed by atoms with Crippen molar-refractivity contribution in [1.29, 1.82) is 0 Å². The van der Waals surface area contributed by atoms with E-state index >= 15 is 0 Å². The van der Waals surface area contributed by atoms with Crippen LogP contribution < -0.4 is 0 Å². The third kappa shape index (κ3) is 3.60. The van der Waals surface area contributed by atoms with Crippen LogP contribution in [0.1, 0.15) is 49.3 Å². The van der Waals surface area contributed by atoms with Gasteiger partial charge in [0.1, 0.15) is 0 Å². The summed E-state index contributed by atoms with van der Waals surface area (Å²) < 4.78 is 0. The first-order chi connectivity index (χ1) is 8.56. The largest absolute Gasteiger partial charge is 0.0884 e. The number of alkyl halides is 1. The summed E-state index contributed by atoms with van der Waals surface area (Å²) in [5.41, 5.74) is 4.31. The lowest BCUT2D eigenvalue weighted by atomic mass is 9.80. The SMILES string of the molecule is Cc1ccc(CC(Br)C2CCC(C)CC2)cc1C.